The molecule has 1 aromatic heterocycles. The molecule has 3 aromatic rings. The maximum atomic E-state index is 12.3. The fourth-order valence-corrected chi connectivity index (χ4v) is 4.02. The molecule has 0 saturated carbocycles. The van der Waals surface area contributed by atoms with Crippen LogP contribution in [-0.2, 0) is 0 Å². The zero-order valence-electron chi connectivity index (χ0n) is 15.2. The lowest BCUT2D eigenvalue weighted by Gasteiger charge is -2.31. The summed E-state index contributed by atoms with van der Waals surface area (Å²) in [6.45, 7) is 3.90. The zero-order valence-corrected chi connectivity index (χ0v) is 16.0. The topological polar surface area (TPSA) is 88.8 Å². The summed E-state index contributed by atoms with van der Waals surface area (Å²) in [6, 6.07) is 10.7. The highest BCUT2D eigenvalue weighted by molar-refractivity contribution is 7.22. The Kier molecular flexibility index (Phi) is 4.93. The van der Waals surface area contributed by atoms with E-state index in [9.17, 15) is 14.9 Å². The van der Waals surface area contributed by atoms with Gasteiger partial charge in [0.2, 0.25) is 0 Å². The minimum Gasteiger partial charge on any atom is -0.423 e. The molecule has 1 fully saturated rings. The van der Waals surface area contributed by atoms with Crippen molar-refractivity contribution in [1.29, 1.82) is 0 Å². The van der Waals surface area contributed by atoms with E-state index in [0.29, 0.717) is 5.75 Å². The third kappa shape index (κ3) is 3.80. The smallest absolute Gasteiger partial charge is 0.343 e. The van der Waals surface area contributed by atoms with Crippen molar-refractivity contribution in [2.45, 2.75) is 0 Å². The highest BCUT2D eigenvalue weighted by Crippen LogP contribution is 2.32. The molecule has 4 rings (SSSR count). The van der Waals surface area contributed by atoms with Gasteiger partial charge in [0, 0.05) is 44.4 Å². The number of rotatable bonds is 4. The number of non-ortho nitro benzene ring substituents is 1. The monoisotopic (exact) mass is 398 g/mol. The number of nitrogens with zero attached hydrogens (tertiary/aromatic N) is 4. The lowest BCUT2D eigenvalue weighted by molar-refractivity contribution is -0.384. The van der Waals surface area contributed by atoms with Crippen molar-refractivity contribution in [2.24, 2.45) is 0 Å². The van der Waals surface area contributed by atoms with E-state index in [1.807, 2.05) is 6.07 Å². The summed E-state index contributed by atoms with van der Waals surface area (Å²) in [7, 11) is 2.11. The van der Waals surface area contributed by atoms with Crippen molar-refractivity contribution in [3.8, 4) is 5.75 Å². The number of ether oxygens (including phenoxy) is 1. The maximum Gasteiger partial charge on any atom is 0.343 e. The second-order valence-corrected chi connectivity index (χ2v) is 7.62. The molecule has 8 nitrogen and oxygen atoms in total. The van der Waals surface area contributed by atoms with Crippen molar-refractivity contribution in [2.75, 3.05) is 38.1 Å². The lowest BCUT2D eigenvalue weighted by atomic mass is 10.2. The first-order chi connectivity index (χ1) is 13.5. The molecule has 0 bridgehead atoms. The Balaban J connectivity index is 1.49. The number of carbonyl (C=O) groups is 1. The summed E-state index contributed by atoms with van der Waals surface area (Å²) < 4.78 is 6.37. The van der Waals surface area contributed by atoms with Crippen molar-refractivity contribution in [3.63, 3.8) is 0 Å². The van der Waals surface area contributed by atoms with Crippen molar-refractivity contribution in [1.82, 2.24) is 9.88 Å². The molecule has 2 heterocycles. The van der Waals surface area contributed by atoms with Gasteiger partial charge in [0.15, 0.2) is 5.13 Å². The van der Waals surface area contributed by atoms with Gasteiger partial charge >= 0.3 is 5.97 Å². The Morgan fingerprint density at radius 2 is 1.86 bits per heavy atom. The molecule has 0 spiro atoms. The molecule has 0 aliphatic carbocycles. The predicted molar refractivity (Wildman–Crippen MR) is 107 cm³/mol. The minimum absolute atomic E-state index is 0.0703. The number of thiazole rings is 1. The van der Waals surface area contributed by atoms with Crippen molar-refractivity contribution >= 4 is 38.3 Å². The number of nitro groups is 1. The molecule has 28 heavy (non-hydrogen) atoms. The Morgan fingerprint density at radius 1 is 1.14 bits per heavy atom. The number of anilines is 1. The molecule has 0 N–H and O–H groups in total. The number of piperazine rings is 1. The number of aromatic nitrogens is 1. The van der Waals surface area contributed by atoms with Gasteiger partial charge in [0.25, 0.3) is 5.69 Å². The highest BCUT2D eigenvalue weighted by Gasteiger charge is 2.18. The summed E-state index contributed by atoms with van der Waals surface area (Å²) in [5.74, 6) is -0.137. The number of esters is 1. The molecule has 0 radical (unpaired) electrons. The largest absolute Gasteiger partial charge is 0.423 e. The molecule has 144 valence electrons. The summed E-state index contributed by atoms with van der Waals surface area (Å²) in [4.78, 5) is 31.7. The Morgan fingerprint density at radius 3 is 2.54 bits per heavy atom. The SMILES string of the molecule is CN1CCN(c2nc3ccc(OC(=O)c4ccc([N+](=O)[O-])cc4)cc3s2)CC1. The highest BCUT2D eigenvalue weighted by atomic mass is 32.1. The van der Waals surface area contributed by atoms with Gasteiger partial charge in [0.05, 0.1) is 20.7 Å². The quantitative estimate of drug-likeness (QED) is 0.289. The summed E-state index contributed by atoms with van der Waals surface area (Å²) in [6.07, 6.45) is 0. The average Bonchev–Trinajstić information content (AvgIpc) is 3.12. The minimum atomic E-state index is -0.557. The van der Waals surface area contributed by atoms with Crippen molar-refractivity contribution in [3.05, 3.63) is 58.1 Å². The number of hydrogen-bond acceptors (Lipinski definition) is 8. The standard InChI is InChI=1S/C19H18N4O4S/c1-21-8-10-22(11-9-21)19-20-16-7-6-15(12-17(16)28-19)27-18(24)13-2-4-14(5-3-13)23(25)26/h2-7,12H,8-11H2,1H3. The molecular formula is C19H18N4O4S. The van der Waals surface area contributed by atoms with Gasteiger partial charge in [-0.1, -0.05) is 11.3 Å². The van der Waals surface area contributed by atoms with E-state index < -0.39 is 10.9 Å². The molecule has 0 unspecified atom stereocenters. The van der Waals surface area contributed by atoms with Crippen LogP contribution in [0.2, 0.25) is 0 Å². The van der Waals surface area contributed by atoms with Gasteiger partial charge in [-0.05, 0) is 31.3 Å². The summed E-state index contributed by atoms with van der Waals surface area (Å²) >= 11 is 1.58. The maximum absolute atomic E-state index is 12.3. The van der Waals surface area contributed by atoms with Gasteiger partial charge in [-0.2, -0.15) is 0 Å². The van der Waals surface area contributed by atoms with Crippen LogP contribution in [-0.4, -0.2) is 54.0 Å². The van der Waals surface area contributed by atoms with E-state index in [4.69, 9.17) is 4.74 Å². The van der Waals surface area contributed by atoms with Crippen LogP contribution in [0.5, 0.6) is 5.75 Å². The summed E-state index contributed by atoms with van der Waals surface area (Å²) in [5.41, 5.74) is 1.06. The van der Waals surface area contributed by atoms with Crippen LogP contribution >= 0.6 is 11.3 Å². The Bertz CT molecular complexity index is 1030. The average molecular weight is 398 g/mol. The van der Waals surface area contributed by atoms with Crippen LogP contribution in [0.4, 0.5) is 10.8 Å². The van der Waals surface area contributed by atoms with Gasteiger partial charge in [-0.15, -0.1) is 0 Å². The Hall–Kier alpha value is -3.04. The van der Waals surface area contributed by atoms with Crippen LogP contribution in [0, 0.1) is 10.1 Å². The fraction of sp³-hybridized carbons (Fsp3) is 0.263. The van der Waals surface area contributed by atoms with Crippen LogP contribution in [0.3, 0.4) is 0 Å². The third-order valence-electron chi connectivity index (χ3n) is 4.65. The van der Waals surface area contributed by atoms with Crippen LogP contribution in [0.1, 0.15) is 10.4 Å². The van der Waals surface area contributed by atoms with E-state index in [1.165, 1.54) is 24.3 Å². The fourth-order valence-electron chi connectivity index (χ4n) is 2.97. The lowest BCUT2D eigenvalue weighted by Crippen LogP contribution is -2.44. The molecule has 1 aliphatic heterocycles. The first-order valence-corrected chi connectivity index (χ1v) is 9.62. The molecule has 1 saturated heterocycles. The molecule has 2 aromatic carbocycles. The summed E-state index contributed by atoms with van der Waals surface area (Å²) in [5, 5.41) is 11.7. The van der Waals surface area contributed by atoms with Crippen LogP contribution < -0.4 is 9.64 Å². The number of hydrogen-bond donors (Lipinski definition) is 0. The number of fused-ring (bicyclic) bond motifs is 1. The van der Waals surface area contributed by atoms with Crippen molar-refractivity contribution < 1.29 is 14.5 Å². The van der Waals surface area contributed by atoms with E-state index in [2.05, 4.69) is 21.8 Å². The normalized spacial score (nSPS) is 15.0. The van der Waals surface area contributed by atoms with E-state index in [-0.39, 0.29) is 11.3 Å². The number of carbonyl (C=O) groups excluding carboxylic acids is 1. The van der Waals surface area contributed by atoms with E-state index in [1.54, 1.807) is 23.5 Å². The Labute approximate surface area is 165 Å². The number of benzene rings is 2. The molecular weight excluding hydrogens is 380 g/mol. The predicted octanol–water partition coefficient (Wildman–Crippen LogP) is 3.18. The number of likely N-dealkylation sites (N-methyl/N-ethyl adjacent to an activating group) is 1. The molecule has 1 aliphatic rings. The van der Waals surface area contributed by atoms with E-state index in [0.717, 1.165) is 41.5 Å². The second-order valence-electron chi connectivity index (χ2n) is 6.61. The molecule has 9 heteroatoms. The first-order valence-electron chi connectivity index (χ1n) is 8.80. The zero-order chi connectivity index (χ0) is 19.7. The van der Waals surface area contributed by atoms with Gasteiger partial charge in [0.1, 0.15) is 5.75 Å². The van der Waals surface area contributed by atoms with Crippen LogP contribution in [0.25, 0.3) is 10.2 Å². The third-order valence-corrected chi connectivity index (χ3v) is 5.73. The first kappa shape index (κ1) is 18.3. The van der Waals surface area contributed by atoms with Gasteiger partial charge in [-0.25, -0.2) is 9.78 Å². The molecule has 0 amide bonds. The number of nitro benzene ring substituents is 1. The second kappa shape index (κ2) is 7.53. The van der Waals surface area contributed by atoms with Crippen LogP contribution in [0.15, 0.2) is 42.5 Å². The van der Waals surface area contributed by atoms with Gasteiger partial charge < -0.3 is 14.5 Å². The van der Waals surface area contributed by atoms with E-state index >= 15 is 0 Å². The van der Waals surface area contributed by atoms with Gasteiger partial charge in [-0.3, -0.25) is 10.1 Å². The molecule has 0 atom stereocenters.